The Bertz CT molecular complexity index is 368. The summed E-state index contributed by atoms with van der Waals surface area (Å²) in [4.78, 5) is 0. The largest absolute Gasteiger partial charge is 0.0654 e. The molecule has 2 fully saturated rings. The molecule has 0 bridgehead atoms. The highest BCUT2D eigenvalue weighted by molar-refractivity contribution is 5.03. The quantitative estimate of drug-likeness (QED) is 0.310. The molecule has 0 aromatic rings. The molecule has 0 saturated heterocycles. The van der Waals surface area contributed by atoms with Crippen molar-refractivity contribution in [3.8, 4) is 0 Å². The summed E-state index contributed by atoms with van der Waals surface area (Å²) >= 11 is 0. The maximum Gasteiger partial charge on any atom is -0.0324 e. The third-order valence-corrected chi connectivity index (χ3v) is 7.84. The Morgan fingerprint density at radius 3 is 2.40 bits per heavy atom. The van der Waals surface area contributed by atoms with Crippen LogP contribution in [0.3, 0.4) is 0 Å². The fourth-order valence-corrected chi connectivity index (χ4v) is 6.44. The lowest BCUT2D eigenvalue weighted by atomic mass is 9.77. The van der Waals surface area contributed by atoms with Crippen LogP contribution in [0.15, 0.2) is 0 Å². The van der Waals surface area contributed by atoms with Crippen LogP contribution in [-0.4, -0.2) is 0 Å². The monoisotopic (exact) mass is 348 g/mol. The molecule has 2 aliphatic carbocycles. The molecule has 0 heteroatoms. The van der Waals surface area contributed by atoms with Crippen molar-refractivity contribution in [1.29, 1.82) is 0 Å². The van der Waals surface area contributed by atoms with E-state index < -0.39 is 0 Å². The molecule has 2 rings (SSSR count). The molecule has 0 nitrogen and oxygen atoms in total. The van der Waals surface area contributed by atoms with Crippen LogP contribution >= 0.6 is 0 Å². The lowest BCUT2D eigenvalue weighted by molar-refractivity contribution is 0.231. The van der Waals surface area contributed by atoms with Gasteiger partial charge in [-0.3, -0.25) is 0 Å². The van der Waals surface area contributed by atoms with E-state index in [1.807, 2.05) is 0 Å². The first-order valence-electron chi connectivity index (χ1n) is 11.9. The summed E-state index contributed by atoms with van der Waals surface area (Å²) in [5, 5.41) is 0. The fraction of sp³-hybridized carbons (Fsp3) is 1.00. The molecule has 0 aromatic heterocycles. The van der Waals surface area contributed by atoms with Gasteiger partial charge in [-0.15, -0.1) is 0 Å². The molecule has 0 radical (unpaired) electrons. The van der Waals surface area contributed by atoms with Crippen molar-refractivity contribution in [2.24, 2.45) is 40.9 Å². The van der Waals surface area contributed by atoms with Gasteiger partial charge in [0.05, 0.1) is 0 Å². The van der Waals surface area contributed by atoms with E-state index in [-0.39, 0.29) is 0 Å². The van der Waals surface area contributed by atoms with Crippen LogP contribution in [0, 0.1) is 40.9 Å². The molecule has 0 amide bonds. The molecule has 148 valence electrons. The van der Waals surface area contributed by atoms with Crippen LogP contribution in [0.5, 0.6) is 0 Å². The van der Waals surface area contributed by atoms with Gasteiger partial charge in [0.25, 0.3) is 0 Å². The molecule has 0 aromatic carbocycles. The van der Waals surface area contributed by atoms with Gasteiger partial charge in [0.15, 0.2) is 0 Å². The summed E-state index contributed by atoms with van der Waals surface area (Å²) in [5.74, 6) is 6.30. The molecule has 0 aliphatic heterocycles. The fourth-order valence-electron chi connectivity index (χ4n) is 6.44. The van der Waals surface area contributed by atoms with E-state index in [9.17, 15) is 0 Å². The van der Waals surface area contributed by atoms with Crippen LogP contribution < -0.4 is 0 Å². The second kappa shape index (κ2) is 9.80. The van der Waals surface area contributed by atoms with Crippen molar-refractivity contribution in [2.45, 2.75) is 119 Å². The van der Waals surface area contributed by atoms with Crippen molar-refractivity contribution < 1.29 is 0 Å². The van der Waals surface area contributed by atoms with Gasteiger partial charge in [-0.05, 0) is 60.2 Å². The molecule has 0 spiro atoms. The Morgan fingerprint density at radius 2 is 1.68 bits per heavy atom. The molecule has 2 saturated carbocycles. The standard InChI is InChI=1S/C25H48/c1-7-8-10-13-19(2)18-25(5,6)17-12-9-11-14-22-16-15-20(3)23-21(4)24(22)23/h19-24H,7-18H2,1-6H3. The van der Waals surface area contributed by atoms with Gasteiger partial charge < -0.3 is 0 Å². The second-order valence-electron chi connectivity index (χ2n) is 10.9. The molecule has 0 N–H and O–H groups in total. The topological polar surface area (TPSA) is 0 Å². The summed E-state index contributed by atoms with van der Waals surface area (Å²) in [6, 6.07) is 0. The SMILES string of the molecule is CCCCCC(C)CC(C)(C)CCCCCC1CCC(C)C2C(C)C12. The summed E-state index contributed by atoms with van der Waals surface area (Å²) in [6.07, 6.45) is 17.5. The van der Waals surface area contributed by atoms with Gasteiger partial charge in [0, 0.05) is 0 Å². The Balaban J connectivity index is 1.54. The molecular formula is C25H48. The minimum absolute atomic E-state index is 0.558. The van der Waals surface area contributed by atoms with E-state index in [0.29, 0.717) is 5.41 Å². The zero-order chi connectivity index (χ0) is 18.4. The van der Waals surface area contributed by atoms with Gasteiger partial charge in [-0.2, -0.15) is 0 Å². The number of hydrogen-bond donors (Lipinski definition) is 0. The first kappa shape index (κ1) is 21.3. The molecule has 6 atom stereocenters. The maximum atomic E-state index is 2.52. The van der Waals surface area contributed by atoms with Gasteiger partial charge in [-0.1, -0.05) is 99.3 Å². The minimum atomic E-state index is 0.558. The van der Waals surface area contributed by atoms with E-state index >= 15 is 0 Å². The van der Waals surface area contributed by atoms with E-state index in [0.717, 1.165) is 35.5 Å². The summed E-state index contributed by atoms with van der Waals surface area (Å²) in [5.41, 5.74) is 0.558. The van der Waals surface area contributed by atoms with Crippen molar-refractivity contribution in [3.63, 3.8) is 0 Å². The van der Waals surface area contributed by atoms with E-state index in [1.54, 1.807) is 0 Å². The van der Waals surface area contributed by atoms with Crippen LogP contribution in [0.1, 0.15) is 119 Å². The summed E-state index contributed by atoms with van der Waals surface area (Å²) < 4.78 is 0. The van der Waals surface area contributed by atoms with Crippen LogP contribution in [-0.2, 0) is 0 Å². The lowest BCUT2D eigenvalue weighted by Gasteiger charge is -2.29. The third kappa shape index (κ3) is 6.59. The molecule has 0 heterocycles. The Kier molecular flexibility index (Phi) is 8.35. The van der Waals surface area contributed by atoms with E-state index in [2.05, 4.69) is 41.5 Å². The number of hydrogen-bond acceptors (Lipinski definition) is 0. The Hall–Kier alpha value is 0. The van der Waals surface area contributed by atoms with Crippen molar-refractivity contribution in [3.05, 3.63) is 0 Å². The van der Waals surface area contributed by atoms with E-state index in [4.69, 9.17) is 0 Å². The zero-order valence-corrected chi connectivity index (χ0v) is 18.4. The highest BCUT2D eigenvalue weighted by atomic mass is 14.6. The Morgan fingerprint density at radius 1 is 0.920 bits per heavy atom. The van der Waals surface area contributed by atoms with Crippen molar-refractivity contribution in [1.82, 2.24) is 0 Å². The lowest BCUT2D eigenvalue weighted by Crippen LogP contribution is -2.16. The van der Waals surface area contributed by atoms with E-state index in [1.165, 1.54) is 77.0 Å². The summed E-state index contributed by atoms with van der Waals surface area (Å²) in [7, 11) is 0. The predicted octanol–water partition coefficient (Wildman–Crippen LogP) is 8.50. The number of fused-ring (bicyclic) bond motifs is 1. The number of unbranched alkanes of at least 4 members (excludes halogenated alkanes) is 4. The Labute approximate surface area is 159 Å². The van der Waals surface area contributed by atoms with Gasteiger partial charge in [0.2, 0.25) is 0 Å². The van der Waals surface area contributed by atoms with Gasteiger partial charge >= 0.3 is 0 Å². The smallest absolute Gasteiger partial charge is 0.0324 e. The normalized spacial score (nSPS) is 33.1. The molecular weight excluding hydrogens is 300 g/mol. The highest BCUT2D eigenvalue weighted by Crippen LogP contribution is 2.61. The maximum absolute atomic E-state index is 2.52. The summed E-state index contributed by atoms with van der Waals surface area (Å²) in [6.45, 7) is 14.9. The third-order valence-electron chi connectivity index (χ3n) is 7.84. The second-order valence-corrected chi connectivity index (χ2v) is 10.9. The van der Waals surface area contributed by atoms with Crippen molar-refractivity contribution >= 4 is 0 Å². The van der Waals surface area contributed by atoms with Gasteiger partial charge in [-0.25, -0.2) is 0 Å². The van der Waals surface area contributed by atoms with Crippen LogP contribution in [0.4, 0.5) is 0 Å². The first-order chi connectivity index (χ1) is 11.9. The molecule has 2 aliphatic rings. The van der Waals surface area contributed by atoms with Crippen LogP contribution in [0.25, 0.3) is 0 Å². The minimum Gasteiger partial charge on any atom is -0.0654 e. The zero-order valence-electron chi connectivity index (χ0n) is 18.4. The number of rotatable bonds is 12. The average molecular weight is 349 g/mol. The van der Waals surface area contributed by atoms with Crippen LogP contribution in [0.2, 0.25) is 0 Å². The molecule has 6 unspecified atom stereocenters. The first-order valence-corrected chi connectivity index (χ1v) is 11.9. The molecule has 25 heavy (non-hydrogen) atoms. The highest BCUT2D eigenvalue weighted by Gasteiger charge is 2.54. The predicted molar refractivity (Wildman–Crippen MR) is 113 cm³/mol. The van der Waals surface area contributed by atoms with Crippen molar-refractivity contribution in [2.75, 3.05) is 0 Å². The van der Waals surface area contributed by atoms with Gasteiger partial charge in [0.1, 0.15) is 0 Å². The average Bonchev–Trinajstić information content (AvgIpc) is 3.21.